The van der Waals surface area contributed by atoms with E-state index in [0.29, 0.717) is 17.6 Å². The van der Waals surface area contributed by atoms with Gasteiger partial charge in [0.2, 0.25) is 0 Å². The molecule has 0 fully saturated rings. The lowest BCUT2D eigenvalue weighted by atomic mass is 10.0. The van der Waals surface area contributed by atoms with Crippen molar-refractivity contribution in [3.8, 4) is 11.4 Å². The van der Waals surface area contributed by atoms with Crippen LogP contribution in [0.5, 0.6) is 0 Å². The summed E-state index contributed by atoms with van der Waals surface area (Å²) in [6.07, 6.45) is 0.677. The van der Waals surface area contributed by atoms with Crippen LogP contribution in [-0.2, 0) is 6.42 Å². The number of benzene rings is 2. The molecule has 0 bridgehead atoms. The first kappa shape index (κ1) is 12.5. The molecule has 0 atom stereocenters. The summed E-state index contributed by atoms with van der Waals surface area (Å²) in [5.41, 5.74) is 1.26. The van der Waals surface area contributed by atoms with Crippen molar-refractivity contribution in [2.24, 2.45) is 0 Å². The van der Waals surface area contributed by atoms with Crippen LogP contribution in [-0.4, -0.2) is 9.97 Å². The first-order chi connectivity index (χ1) is 9.69. The Kier molecular flexibility index (Phi) is 3.06. The number of aromatic nitrogens is 2. The maximum absolute atomic E-state index is 13.8. The molecule has 0 spiro atoms. The summed E-state index contributed by atoms with van der Waals surface area (Å²) in [5.74, 6) is 0.198. The molecule has 3 rings (SSSR count). The number of nitrogens with one attached hydrogen (secondary N) is 1. The van der Waals surface area contributed by atoms with Gasteiger partial charge in [0.25, 0.3) is 5.56 Å². The lowest BCUT2D eigenvalue weighted by Crippen LogP contribution is -2.10. The molecule has 1 heterocycles. The number of hydrogen-bond acceptors (Lipinski definition) is 2. The van der Waals surface area contributed by atoms with Crippen LogP contribution in [0.2, 0.25) is 0 Å². The van der Waals surface area contributed by atoms with Crippen molar-refractivity contribution >= 4 is 10.8 Å². The maximum atomic E-state index is 13.8. The normalized spacial score (nSPS) is 10.9. The second kappa shape index (κ2) is 4.89. The first-order valence-corrected chi connectivity index (χ1v) is 6.47. The Balaban J connectivity index is 2.33. The summed E-state index contributed by atoms with van der Waals surface area (Å²) in [6, 6.07) is 11.7. The predicted octanol–water partition coefficient (Wildman–Crippen LogP) is 3.29. The third kappa shape index (κ3) is 2.09. The second-order valence-corrected chi connectivity index (χ2v) is 4.58. The number of rotatable bonds is 2. The number of H-pyrrole nitrogens is 1. The third-order valence-corrected chi connectivity index (χ3v) is 3.28. The molecule has 0 saturated heterocycles. The van der Waals surface area contributed by atoms with Gasteiger partial charge in [-0.2, -0.15) is 0 Å². The van der Waals surface area contributed by atoms with Gasteiger partial charge >= 0.3 is 0 Å². The minimum atomic E-state index is -0.279. The molecule has 1 N–H and O–H groups in total. The van der Waals surface area contributed by atoms with E-state index in [1.807, 2.05) is 19.1 Å². The Labute approximate surface area is 115 Å². The molecule has 0 unspecified atom stereocenters. The van der Waals surface area contributed by atoms with Crippen LogP contribution in [0, 0.1) is 5.82 Å². The lowest BCUT2D eigenvalue weighted by molar-refractivity contribution is 0.640. The summed E-state index contributed by atoms with van der Waals surface area (Å²) in [6.45, 7) is 1.94. The smallest absolute Gasteiger partial charge is 0.251 e. The van der Waals surface area contributed by atoms with Gasteiger partial charge in [-0.05, 0) is 23.9 Å². The maximum Gasteiger partial charge on any atom is 0.251 e. The largest absolute Gasteiger partial charge is 0.306 e. The Morgan fingerprint density at radius 3 is 2.65 bits per heavy atom. The zero-order valence-electron chi connectivity index (χ0n) is 11.0. The van der Waals surface area contributed by atoms with Crippen LogP contribution in [0.15, 0.2) is 47.3 Å². The van der Waals surface area contributed by atoms with Gasteiger partial charge in [-0.1, -0.05) is 31.2 Å². The van der Waals surface area contributed by atoms with Crippen molar-refractivity contribution in [3.63, 3.8) is 0 Å². The Morgan fingerprint density at radius 2 is 1.90 bits per heavy atom. The molecule has 3 aromatic rings. The number of nitrogens with zero attached hydrogens (tertiary/aromatic N) is 1. The van der Waals surface area contributed by atoms with Crippen molar-refractivity contribution in [2.75, 3.05) is 0 Å². The SMILES string of the molecule is CCc1cc(=O)[nH]c(-c2ccc(F)c3ccccc23)n1. The van der Waals surface area contributed by atoms with E-state index < -0.39 is 0 Å². The summed E-state index contributed by atoms with van der Waals surface area (Å²) in [7, 11) is 0. The minimum absolute atomic E-state index is 0.194. The van der Waals surface area contributed by atoms with Crippen LogP contribution < -0.4 is 5.56 Å². The molecule has 100 valence electrons. The quantitative estimate of drug-likeness (QED) is 0.775. The highest BCUT2D eigenvalue weighted by Gasteiger charge is 2.10. The van der Waals surface area contributed by atoms with Crippen molar-refractivity contribution in [1.29, 1.82) is 0 Å². The van der Waals surface area contributed by atoms with Gasteiger partial charge in [0, 0.05) is 22.7 Å². The lowest BCUT2D eigenvalue weighted by Gasteiger charge is -2.07. The zero-order valence-corrected chi connectivity index (χ0v) is 11.0. The monoisotopic (exact) mass is 268 g/mol. The van der Waals surface area contributed by atoms with E-state index in [-0.39, 0.29) is 11.4 Å². The third-order valence-electron chi connectivity index (χ3n) is 3.28. The van der Waals surface area contributed by atoms with Gasteiger partial charge in [-0.3, -0.25) is 4.79 Å². The van der Waals surface area contributed by atoms with Crippen LogP contribution >= 0.6 is 0 Å². The molecular weight excluding hydrogens is 255 g/mol. The fraction of sp³-hybridized carbons (Fsp3) is 0.125. The number of hydrogen-bond donors (Lipinski definition) is 1. The molecule has 0 aliphatic heterocycles. The highest BCUT2D eigenvalue weighted by molar-refractivity contribution is 5.95. The second-order valence-electron chi connectivity index (χ2n) is 4.58. The molecule has 0 amide bonds. The van der Waals surface area contributed by atoms with Crippen molar-refractivity contribution < 1.29 is 4.39 Å². The van der Waals surface area contributed by atoms with Gasteiger partial charge in [-0.25, -0.2) is 9.37 Å². The molecule has 1 aromatic heterocycles. The minimum Gasteiger partial charge on any atom is -0.306 e. The molecule has 0 saturated carbocycles. The molecule has 0 aliphatic carbocycles. The topological polar surface area (TPSA) is 45.8 Å². The number of halogens is 1. The van der Waals surface area contributed by atoms with Crippen LogP contribution in [0.25, 0.3) is 22.2 Å². The van der Waals surface area contributed by atoms with Crippen LogP contribution in [0.1, 0.15) is 12.6 Å². The van der Waals surface area contributed by atoms with E-state index in [0.717, 1.165) is 16.6 Å². The summed E-state index contributed by atoms with van der Waals surface area (Å²) < 4.78 is 13.8. The molecular formula is C16H13FN2O. The summed E-state index contributed by atoms with van der Waals surface area (Å²) in [5, 5.41) is 1.26. The highest BCUT2D eigenvalue weighted by Crippen LogP contribution is 2.27. The average molecular weight is 268 g/mol. The predicted molar refractivity (Wildman–Crippen MR) is 77.1 cm³/mol. The van der Waals surface area contributed by atoms with Gasteiger partial charge in [0.15, 0.2) is 0 Å². The highest BCUT2D eigenvalue weighted by atomic mass is 19.1. The van der Waals surface area contributed by atoms with Gasteiger partial charge in [0.05, 0.1) is 0 Å². The van der Waals surface area contributed by atoms with Gasteiger partial charge < -0.3 is 4.98 Å². The number of fused-ring (bicyclic) bond motifs is 1. The molecule has 3 nitrogen and oxygen atoms in total. The fourth-order valence-electron chi connectivity index (χ4n) is 2.29. The molecule has 20 heavy (non-hydrogen) atoms. The van der Waals surface area contributed by atoms with E-state index in [2.05, 4.69) is 9.97 Å². The number of aromatic amines is 1. The molecule has 4 heteroatoms. The fourth-order valence-corrected chi connectivity index (χ4v) is 2.29. The molecule has 0 radical (unpaired) electrons. The van der Waals surface area contributed by atoms with E-state index >= 15 is 0 Å². The van der Waals surface area contributed by atoms with Crippen molar-refractivity contribution in [3.05, 3.63) is 64.3 Å². The standard InChI is InChI=1S/C16H13FN2O/c1-2-10-9-15(20)19-16(18-10)13-7-8-14(17)12-6-4-3-5-11(12)13/h3-9H,2H2,1H3,(H,18,19,20). The van der Waals surface area contributed by atoms with E-state index in [1.54, 1.807) is 18.2 Å². The molecule has 2 aromatic carbocycles. The summed E-state index contributed by atoms with van der Waals surface area (Å²) >= 11 is 0. The van der Waals surface area contributed by atoms with Crippen molar-refractivity contribution in [1.82, 2.24) is 9.97 Å². The van der Waals surface area contributed by atoms with Gasteiger partial charge in [0.1, 0.15) is 11.6 Å². The van der Waals surface area contributed by atoms with Crippen LogP contribution in [0.3, 0.4) is 0 Å². The summed E-state index contributed by atoms with van der Waals surface area (Å²) in [4.78, 5) is 18.8. The zero-order chi connectivity index (χ0) is 14.1. The Hall–Kier alpha value is -2.49. The van der Waals surface area contributed by atoms with Crippen molar-refractivity contribution in [2.45, 2.75) is 13.3 Å². The van der Waals surface area contributed by atoms with E-state index in [4.69, 9.17) is 0 Å². The van der Waals surface area contributed by atoms with E-state index in [9.17, 15) is 9.18 Å². The first-order valence-electron chi connectivity index (χ1n) is 6.47. The molecule has 0 aliphatic rings. The number of aryl methyl sites for hydroxylation is 1. The Bertz CT molecular complexity index is 839. The average Bonchev–Trinajstić information content (AvgIpc) is 2.47. The van der Waals surface area contributed by atoms with E-state index in [1.165, 1.54) is 12.1 Å². The van der Waals surface area contributed by atoms with Gasteiger partial charge in [-0.15, -0.1) is 0 Å². The van der Waals surface area contributed by atoms with Crippen LogP contribution in [0.4, 0.5) is 4.39 Å². The Morgan fingerprint density at radius 1 is 1.15 bits per heavy atom.